The van der Waals surface area contributed by atoms with Gasteiger partial charge in [-0.05, 0) is 38.2 Å². The molecule has 1 aliphatic carbocycles. The number of rotatable bonds is 1. The summed E-state index contributed by atoms with van der Waals surface area (Å²) in [6, 6.07) is 0. The SMILES string of the molecule is Cc1noc2c1c1c(c(=O)n2CO)CCCC1. The summed E-state index contributed by atoms with van der Waals surface area (Å²) >= 11 is 0. The number of fused-ring (bicyclic) bond motifs is 3. The number of hydrogen-bond donors (Lipinski definition) is 1. The van der Waals surface area contributed by atoms with Crippen LogP contribution in [-0.4, -0.2) is 14.8 Å². The molecule has 0 saturated carbocycles. The van der Waals surface area contributed by atoms with E-state index < -0.39 is 0 Å². The highest BCUT2D eigenvalue weighted by Crippen LogP contribution is 2.28. The summed E-state index contributed by atoms with van der Waals surface area (Å²) in [4.78, 5) is 12.2. The van der Waals surface area contributed by atoms with Crippen molar-refractivity contribution in [2.24, 2.45) is 0 Å². The Labute approximate surface area is 97.6 Å². The summed E-state index contributed by atoms with van der Waals surface area (Å²) in [7, 11) is 0. The second kappa shape index (κ2) is 3.70. The zero-order valence-corrected chi connectivity index (χ0v) is 9.69. The molecule has 0 radical (unpaired) electrons. The first kappa shape index (κ1) is 10.5. The molecule has 0 unspecified atom stereocenters. The number of pyridine rings is 1. The zero-order valence-electron chi connectivity index (χ0n) is 9.69. The molecule has 5 heteroatoms. The smallest absolute Gasteiger partial charge is 0.258 e. The normalized spacial score (nSPS) is 15.2. The molecule has 2 aromatic rings. The van der Waals surface area contributed by atoms with Crippen LogP contribution in [0.1, 0.15) is 29.7 Å². The van der Waals surface area contributed by atoms with Gasteiger partial charge in [0.25, 0.3) is 5.56 Å². The van der Waals surface area contributed by atoms with Gasteiger partial charge in [-0.2, -0.15) is 0 Å². The number of nitrogens with zero attached hydrogens (tertiary/aromatic N) is 2. The maximum atomic E-state index is 12.2. The fraction of sp³-hybridized carbons (Fsp3) is 0.500. The number of aliphatic hydroxyl groups is 1. The molecule has 17 heavy (non-hydrogen) atoms. The predicted octanol–water partition coefficient (Wildman–Crippen LogP) is 1.13. The van der Waals surface area contributed by atoms with Crippen molar-refractivity contribution in [2.45, 2.75) is 39.3 Å². The van der Waals surface area contributed by atoms with Gasteiger partial charge in [0, 0.05) is 5.56 Å². The van der Waals surface area contributed by atoms with E-state index in [1.165, 1.54) is 4.57 Å². The molecule has 0 bridgehead atoms. The highest BCUT2D eigenvalue weighted by molar-refractivity contribution is 5.81. The van der Waals surface area contributed by atoms with Crippen LogP contribution in [0.5, 0.6) is 0 Å². The lowest BCUT2D eigenvalue weighted by Gasteiger charge is -2.17. The monoisotopic (exact) mass is 234 g/mol. The fourth-order valence-corrected chi connectivity index (χ4v) is 2.69. The summed E-state index contributed by atoms with van der Waals surface area (Å²) < 4.78 is 6.43. The summed E-state index contributed by atoms with van der Waals surface area (Å²) in [5.41, 5.74) is 2.95. The van der Waals surface area contributed by atoms with Gasteiger partial charge in [0.05, 0.1) is 11.1 Å². The molecule has 90 valence electrons. The minimum atomic E-state index is -0.364. The van der Waals surface area contributed by atoms with E-state index in [2.05, 4.69) is 5.16 Å². The third kappa shape index (κ3) is 1.35. The standard InChI is InChI=1S/C12H14N2O3/c1-7-10-8-4-2-3-5-9(8)11(16)14(6-15)12(10)17-13-7/h15H,2-6H2,1H3. The van der Waals surface area contributed by atoms with Crippen LogP contribution in [0, 0.1) is 6.92 Å². The van der Waals surface area contributed by atoms with Crippen LogP contribution in [-0.2, 0) is 19.6 Å². The highest BCUT2D eigenvalue weighted by Gasteiger charge is 2.23. The first-order chi connectivity index (χ1) is 8.24. The van der Waals surface area contributed by atoms with Crippen LogP contribution in [0.2, 0.25) is 0 Å². The third-order valence-electron chi connectivity index (χ3n) is 3.50. The molecule has 0 saturated heterocycles. The van der Waals surface area contributed by atoms with E-state index in [0.717, 1.165) is 47.9 Å². The van der Waals surface area contributed by atoms with Crippen molar-refractivity contribution >= 4 is 11.1 Å². The Hall–Kier alpha value is -1.62. The van der Waals surface area contributed by atoms with E-state index in [1.54, 1.807) is 0 Å². The van der Waals surface area contributed by atoms with Crippen LogP contribution >= 0.6 is 0 Å². The lowest BCUT2D eigenvalue weighted by molar-refractivity contribution is 0.203. The molecule has 5 nitrogen and oxygen atoms in total. The molecular formula is C12H14N2O3. The van der Waals surface area contributed by atoms with Crippen LogP contribution in [0.4, 0.5) is 0 Å². The summed E-state index contributed by atoms with van der Waals surface area (Å²) in [6.45, 7) is 1.50. The van der Waals surface area contributed by atoms with Crippen molar-refractivity contribution in [1.82, 2.24) is 9.72 Å². The largest absolute Gasteiger partial charge is 0.376 e. The molecule has 1 aliphatic rings. The number of aromatic nitrogens is 2. The molecule has 0 amide bonds. The molecule has 0 spiro atoms. The van der Waals surface area contributed by atoms with Gasteiger partial charge < -0.3 is 9.63 Å². The Morgan fingerprint density at radius 2 is 2.06 bits per heavy atom. The molecule has 2 aromatic heterocycles. The predicted molar refractivity (Wildman–Crippen MR) is 61.9 cm³/mol. The highest BCUT2D eigenvalue weighted by atomic mass is 16.5. The molecule has 3 rings (SSSR count). The molecule has 0 aromatic carbocycles. The van der Waals surface area contributed by atoms with E-state index in [1.807, 2.05) is 6.92 Å². The van der Waals surface area contributed by atoms with Crippen LogP contribution < -0.4 is 5.56 Å². The van der Waals surface area contributed by atoms with Crippen LogP contribution in [0.15, 0.2) is 9.32 Å². The van der Waals surface area contributed by atoms with Crippen molar-refractivity contribution in [3.05, 3.63) is 27.2 Å². The second-order valence-electron chi connectivity index (χ2n) is 4.49. The third-order valence-corrected chi connectivity index (χ3v) is 3.50. The second-order valence-corrected chi connectivity index (χ2v) is 4.49. The molecule has 0 atom stereocenters. The Kier molecular flexibility index (Phi) is 2.29. The fourth-order valence-electron chi connectivity index (χ4n) is 2.69. The van der Waals surface area contributed by atoms with Crippen molar-refractivity contribution in [3.63, 3.8) is 0 Å². The lowest BCUT2D eigenvalue weighted by Crippen LogP contribution is -2.27. The Morgan fingerprint density at radius 1 is 1.35 bits per heavy atom. The van der Waals surface area contributed by atoms with Gasteiger partial charge in [-0.1, -0.05) is 5.16 Å². The quantitative estimate of drug-likeness (QED) is 0.803. The molecule has 1 N–H and O–H groups in total. The molecular weight excluding hydrogens is 220 g/mol. The minimum absolute atomic E-state index is 0.133. The average molecular weight is 234 g/mol. The van der Waals surface area contributed by atoms with Crippen LogP contribution in [0.25, 0.3) is 11.1 Å². The number of aryl methyl sites for hydroxylation is 2. The zero-order chi connectivity index (χ0) is 12.0. The number of hydrogen-bond acceptors (Lipinski definition) is 4. The lowest BCUT2D eigenvalue weighted by atomic mass is 9.90. The summed E-state index contributed by atoms with van der Waals surface area (Å²) in [6.07, 6.45) is 3.81. The summed E-state index contributed by atoms with van der Waals surface area (Å²) in [5.74, 6) is 0. The van der Waals surface area contributed by atoms with Gasteiger partial charge >= 0.3 is 0 Å². The van der Waals surface area contributed by atoms with Gasteiger partial charge in [0.15, 0.2) is 0 Å². The Bertz CT molecular complexity index is 639. The molecule has 2 heterocycles. The van der Waals surface area contributed by atoms with Gasteiger partial charge in [0.1, 0.15) is 6.73 Å². The first-order valence-electron chi connectivity index (χ1n) is 5.85. The van der Waals surface area contributed by atoms with E-state index in [-0.39, 0.29) is 12.3 Å². The molecule has 0 aliphatic heterocycles. The topological polar surface area (TPSA) is 68.3 Å². The maximum absolute atomic E-state index is 12.2. The summed E-state index contributed by atoms with van der Waals surface area (Å²) in [5, 5.41) is 14.1. The van der Waals surface area contributed by atoms with E-state index in [4.69, 9.17) is 4.52 Å². The van der Waals surface area contributed by atoms with Gasteiger partial charge in [-0.25, -0.2) is 0 Å². The van der Waals surface area contributed by atoms with Gasteiger partial charge in [-0.3, -0.25) is 9.36 Å². The van der Waals surface area contributed by atoms with Crippen LogP contribution in [0.3, 0.4) is 0 Å². The van der Waals surface area contributed by atoms with Gasteiger partial charge in [0.2, 0.25) is 5.71 Å². The Morgan fingerprint density at radius 3 is 2.76 bits per heavy atom. The van der Waals surface area contributed by atoms with Gasteiger partial charge in [-0.15, -0.1) is 0 Å². The van der Waals surface area contributed by atoms with E-state index in [0.29, 0.717) is 5.71 Å². The van der Waals surface area contributed by atoms with Crippen molar-refractivity contribution < 1.29 is 9.63 Å². The number of aliphatic hydroxyl groups excluding tert-OH is 1. The van der Waals surface area contributed by atoms with E-state index in [9.17, 15) is 9.90 Å². The molecule has 0 fully saturated rings. The van der Waals surface area contributed by atoms with E-state index >= 15 is 0 Å². The minimum Gasteiger partial charge on any atom is -0.376 e. The average Bonchev–Trinajstić information content (AvgIpc) is 2.73. The Balaban J connectivity index is 2.50. The van der Waals surface area contributed by atoms with Crippen molar-refractivity contribution in [3.8, 4) is 0 Å². The van der Waals surface area contributed by atoms with Crippen molar-refractivity contribution in [1.29, 1.82) is 0 Å². The first-order valence-corrected chi connectivity index (χ1v) is 5.85. The maximum Gasteiger partial charge on any atom is 0.258 e. The van der Waals surface area contributed by atoms with Crippen molar-refractivity contribution in [2.75, 3.05) is 0 Å².